The van der Waals surface area contributed by atoms with Crippen molar-refractivity contribution in [2.75, 3.05) is 0 Å². The van der Waals surface area contributed by atoms with E-state index in [0.717, 1.165) is 30.7 Å². The largest absolute Gasteiger partial charge is 0.416 e. The van der Waals surface area contributed by atoms with Crippen LogP contribution in [0.1, 0.15) is 54.9 Å². The van der Waals surface area contributed by atoms with E-state index >= 15 is 0 Å². The minimum Gasteiger partial charge on any atom is -0.166 e. The van der Waals surface area contributed by atoms with E-state index in [1.165, 1.54) is 24.3 Å². The zero-order valence-electron chi connectivity index (χ0n) is 14.5. The van der Waals surface area contributed by atoms with E-state index in [-0.39, 0.29) is 5.92 Å². The molecule has 0 aliphatic rings. The van der Waals surface area contributed by atoms with E-state index in [2.05, 4.69) is 0 Å². The Morgan fingerprint density at radius 1 is 0.615 bits per heavy atom. The van der Waals surface area contributed by atoms with Gasteiger partial charge in [0.25, 0.3) is 0 Å². The van der Waals surface area contributed by atoms with Crippen LogP contribution in [-0.2, 0) is 12.4 Å². The van der Waals surface area contributed by atoms with E-state index in [1.54, 1.807) is 0 Å². The van der Waals surface area contributed by atoms with Crippen LogP contribution >= 0.6 is 0 Å². The third-order valence-corrected chi connectivity index (χ3v) is 4.31. The summed E-state index contributed by atoms with van der Waals surface area (Å²) in [4.78, 5) is 0. The maximum absolute atomic E-state index is 12.7. The van der Waals surface area contributed by atoms with E-state index < -0.39 is 23.5 Å². The first-order valence-corrected chi connectivity index (χ1v) is 8.33. The second-order valence-electron chi connectivity index (χ2n) is 6.76. The van der Waals surface area contributed by atoms with Gasteiger partial charge in [-0.2, -0.15) is 26.3 Å². The molecule has 0 fully saturated rings. The minimum absolute atomic E-state index is 0.248. The lowest BCUT2D eigenvalue weighted by Crippen LogP contribution is -2.08. The highest BCUT2D eigenvalue weighted by molar-refractivity contribution is 5.36. The summed E-state index contributed by atoms with van der Waals surface area (Å²) in [6.07, 6.45) is -7.37. The van der Waals surface area contributed by atoms with E-state index in [1.807, 2.05) is 13.8 Å². The first-order chi connectivity index (χ1) is 12.0. The number of benzene rings is 2. The molecule has 2 aromatic rings. The minimum atomic E-state index is -4.42. The summed E-state index contributed by atoms with van der Waals surface area (Å²) >= 11 is 0. The van der Waals surface area contributed by atoms with Crippen molar-refractivity contribution in [2.45, 2.75) is 45.0 Å². The average molecular weight is 374 g/mol. The summed E-state index contributed by atoms with van der Waals surface area (Å²) in [6.45, 7) is 4.05. The second-order valence-corrected chi connectivity index (χ2v) is 6.76. The van der Waals surface area contributed by atoms with Gasteiger partial charge < -0.3 is 0 Å². The van der Waals surface area contributed by atoms with Crippen LogP contribution < -0.4 is 0 Å². The van der Waals surface area contributed by atoms with Gasteiger partial charge in [-0.1, -0.05) is 44.5 Å². The smallest absolute Gasteiger partial charge is 0.166 e. The Morgan fingerprint density at radius 3 is 1.23 bits per heavy atom. The fraction of sp³-hybridized carbons (Fsp3) is 0.400. The van der Waals surface area contributed by atoms with Crippen LogP contribution in [0.5, 0.6) is 0 Å². The van der Waals surface area contributed by atoms with Gasteiger partial charge in [0.2, 0.25) is 0 Å². The summed E-state index contributed by atoms with van der Waals surface area (Å²) in [7, 11) is 0. The van der Waals surface area contributed by atoms with Gasteiger partial charge in [-0.15, -0.1) is 0 Å². The lowest BCUT2D eigenvalue weighted by molar-refractivity contribution is -0.138. The third kappa shape index (κ3) is 5.26. The highest BCUT2D eigenvalue weighted by Crippen LogP contribution is 2.36. The highest BCUT2D eigenvalue weighted by Gasteiger charge is 2.31. The molecule has 0 aliphatic heterocycles. The molecule has 26 heavy (non-hydrogen) atoms. The Kier molecular flexibility index (Phi) is 6.04. The van der Waals surface area contributed by atoms with Gasteiger partial charge in [0.05, 0.1) is 11.1 Å². The van der Waals surface area contributed by atoms with Crippen molar-refractivity contribution < 1.29 is 26.3 Å². The maximum atomic E-state index is 12.7. The molecule has 0 amide bonds. The van der Waals surface area contributed by atoms with E-state index in [4.69, 9.17) is 0 Å². The predicted molar refractivity (Wildman–Crippen MR) is 88.8 cm³/mol. The maximum Gasteiger partial charge on any atom is 0.416 e. The van der Waals surface area contributed by atoms with Gasteiger partial charge in [-0.05, 0) is 47.7 Å². The molecule has 0 aliphatic carbocycles. The van der Waals surface area contributed by atoms with Gasteiger partial charge >= 0.3 is 12.4 Å². The van der Waals surface area contributed by atoms with Crippen molar-refractivity contribution in [2.24, 2.45) is 5.92 Å². The Labute approximate surface area is 148 Å². The molecule has 0 heterocycles. The fourth-order valence-corrected chi connectivity index (χ4v) is 2.83. The Bertz CT molecular complexity index is 636. The molecular formula is C20H20F6. The van der Waals surface area contributed by atoms with Crippen molar-refractivity contribution in [3.05, 3.63) is 70.8 Å². The molecule has 0 saturated carbocycles. The first-order valence-electron chi connectivity index (χ1n) is 8.33. The van der Waals surface area contributed by atoms with Gasteiger partial charge in [0, 0.05) is 5.92 Å². The summed E-state index contributed by atoms with van der Waals surface area (Å²) < 4.78 is 76.5. The molecule has 0 bridgehead atoms. The quantitative estimate of drug-likeness (QED) is 0.482. The number of halogens is 6. The first kappa shape index (κ1) is 20.3. The molecule has 0 atom stereocenters. The molecule has 142 valence electrons. The van der Waals surface area contributed by atoms with Gasteiger partial charge in [0.1, 0.15) is 0 Å². The lowest BCUT2D eigenvalue weighted by atomic mass is 9.85. The van der Waals surface area contributed by atoms with Crippen LogP contribution in [0.15, 0.2) is 48.5 Å². The second kappa shape index (κ2) is 7.72. The SMILES string of the molecule is CC(C)CCC(c1ccc(C(F)(F)F)cc1)c1ccc(C(F)(F)F)cc1. The molecule has 0 N–H and O–H groups in total. The van der Waals surface area contributed by atoms with Crippen LogP contribution in [0.25, 0.3) is 0 Å². The fourth-order valence-electron chi connectivity index (χ4n) is 2.83. The summed E-state index contributed by atoms with van der Waals surface area (Å²) in [5, 5.41) is 0. The van der Waals surface area contributed by atoms with Gasteiger partial charge in [-0.25, -0.2) is 0 Å². The summed E-state index contributed by atoms with van der Waals surface area (Å²) in [5.41, 5.74) is -0.149. The molecule has 0 saturated heterocycles. The zero-order chi connectivity index (χ0) is 19.5. The third-order valence-electron chi connectivity index (χ3n) is 4.31. The Balaban J connectivity index is 2.34. The van der Waals surface area contributed by atoms with Crippen molar-refractivity contribution >= 4 is 0 Å². The molecule has 0 unspecified atom stereocenters. The summed E-state index contributed by atoms with van der Waals surface area (Å²) in [6, 6.07) is 9.70. The number of alkyl halides is 6. The molecule has 2 rings (SSSR count). The monoisotopic (exact) mass is 374 g/mol. The molecule has 0 nitrogen and oxygen atoms in total. The van der Waals surface area contributed by atoms with Crippen LogP contribution in [-0.4, -0.2) is 0 Å². The predicted octanol–water partition coefficient (Wildman–Crippen LogP) is 7.29. The zero-order valence-corrected chi connectivity index (χ0v) is 14.5. The molecule has 0 spiro atoms. The summed E-state index contributed by atoms with van der Waals surface area (Å²) in [5.74, 6) is 0.128. The normalized spacial score (nSPS) is 12.8. The van der Waals surface area contributed by atoms with Crippen molar-refractivity contribution in [1.29, 1.82) is 0 Å². The Morgan fingerprint density at radius 2 is 0.962 bits per heavy atom. The topological polar surface area (TPSA) is 0 Å². The Hall–Kier alpha value is -1.98. The van der Waals surface area contributed by atoms with E-state index in [9.17, 15) is 26.3 Å². The van der Waals surface area contributed by atoms with Crippen LogP contribution in [0, 0.1) is 5.92 Å². The molecule has 2 aromatic carbocycles. The van der Waals surface area contributed by atoms with Crippen LogP contribution in [0.4, 0.5) is 26.3 Å². The van der Waals surface area contributed by atoms with Crippen LogP contribution in [0.3, 0.4) is 0 Å². The molecule has 0 aromatic heterocycles. The average Bonchev–Trinajstić information content (AvgIpc) is 2.54. The van der Waals surface area contributed by atoms with Crippen molar-refractivity contribution in [1.82, 2.24) is 0 Å². The van der Waals surface area contributed by atoms with Gasteiger partial charge in [0.15, 0.2) is 0 Å². The lowest BCUT2D eigenvalue weighted by Gasteiger charge is -2.20. The number of hydrogen-bond donors (Lipinski definition) is 0. The highest BCUT2D eigenvalue weighted by atomic mass is 19.4. The standard InChI is InChI=1S/C20H20F6/c1-13(2)3-12-18(14-4-8-16(9-5-14)19(21,22)23)15-6-10-17(11-7-15)20(24,25)26/h4-11,13,18H,3,12H2,1-2H3. The van der Waals surface area contributed by atoms with Crippen LogP contribution in [0.2, 0.25) is 0 Å². The number of hydrogen-bond acceptors (Lipinski definition) is 0. The molecule has 6 heteroatoms. The van der Waals surface area contributed by atoms with Gasteiger partial charge in [-0.3, -0.25) is 0 Å². The molecular weight excluding hydrogens is 354 g/mol. The van der Waals surface area contributed by atoms with Crippen molar-refractivity contribution in [3.63, 3.8) is 0 Å². The van der Waals surface area contributed by atoms with Crippen molar-refractivity contribution in [3.8, 4) is 0 Å². The number of rotatable bonds is 5. The van der Waals surface area contributed by atoms with E-state index in [0.29, 0.717) is 23.5 Å². The molecule has 0 radical (unpaired) electrons.